The number of benzene rings is 2. The van der Waals surface area contributed by atoms with Gasteiger partial charge in [0, 0.05) is 16.7 Å². The Morgan fingerprint density at radius 1 is 1.17 bits per heavy atom. The van der Waals surface area contributed by atoms with Crippen molar-refractivity contribution in [2.45, 2.75) is 6.61 Å². The van der Waals surface area contributed by atoms with Crippen LogP contribution in [0.4, 0.5) is 5.69 Å². The van der Waals surface area contributed by atoms with E-state index in [0.29, 0.717) is 5.02 Å². The minimum Gasteiger partial charge on any atom is -0.457 e. The lowest BCUT2D eigenvalue weighted by molar-refractivity contribution is -0.385. The monoisotopic (exact) mass is 334 g/mol. The van der Waals surface area contributed by atoms with Crippen molar-refractivity contribution in [3.05, 3.63) is 74.3 Å². The third-order valence-electron chi connectivity index (χ3n) is 2.99. The SMILES string of the molecule is NC(=O)c1ccc(COC(=O)c2cccc(Cl)c2)c([N+](=O)[O-])c1. The maximum absolute atomic E-state index is 11.9. The molecule has 118 valence electrons. The quantitative estimate of drug-likeness (QED) is 0.513. The van der Waals surface area contributed by atoms with Gasteiger partial charge >= 0.3 is 5.97 Å². The lowest BCUT2D eigenvalue weighted by Crippen LogP contribution is -2.12. The van der Waals surface area contributed by atoms with Gasteiger partial charge in [-0.1, -0.05) is 17.7 Å². The Kier molecular flexibility index (Phi) is 4.92. The number of nitrogens with zero attached hydrogens (tertiary/aromatic N) is 1. The highest BCUT2D eigenvalue weighted by Gasteiger charge is 2.18. The molecule has 1 amide bonds. The van der Waals surface area contributed by atoms with Gasteiger partial charge in [0.25, 0.3) is 5.69 Å². The number of carbonyl (C=O) groups excluding carboxylic acids is 2. The van der Waals surface area contributed by atoms with Gasteiger partial charge in [0.1, 0.15) is 6.61 Å². The van der Waals surface area contributed by atoms with Crippen molar-refractivity contribution in [3.8, 4) is 0 Å². The molecule has 0 radical (unpaired) electrons. The number of hydrogen-bond acceptors (Lipinski definition) is 5. The van der Waals surface area contributed by atoms with E-state index in [0.717, 1.165) is 6.07 Å². The van der Waals surface area contributed by atoms with Crippen molar-refractivity contribution < 1.29 is 19.2 Å². The van der Waals surface area contributed by atoms with Crippen molar-refractivity contribution in [1.82, 2.24) is 0 Å². The molecule has 2 rings (SSSR count). The molecule has 23 heavy (non-hydrogen) atoms. The van der Waals surface area contributed by atoms with Gasteiger partial charge in [-0.15, -0.1) is 0 Å². The Morgan fingerprint density at radius 2 is 1.91 bits per heavy atom. The molecule has 2 aromatic rings. The first-order chi connectivity index (χ1) is 10.9. The molecule has 7 nitrogen and oxygen atoms in total. The number of hydrogen-bond donors (Lipinski definition) is 1. The number of ether oxygens (including phenoxy) is 1. The second kappa shape index (κ2) is 6.89. The Balaban J connectivity index is 2.18. The van der Waals surface area contributed by atoms with Crippen LogP contribution >= 0.6 is 11.6 Å². The van der Waals surface area contributed by atoms with Crippen LogP contribution in [0.15, 0.2) is 42.5 Å². The standard InChI is InChI=1S/C15H11ClN2O5/c16-12-3-1-2-10(6-12)15(20)23-8-11-5-4-9(14(17)19)7-13(11)18(21)22/h1-7H,8H2,(H2,17,19). The van der Waals surface area contributed by atoms with E-state index in [-0.39, 0.29) is 29.0 Å². The molecule has 0 aliphatic heterocycles. The second-order valence-electron chi connectivity index (χ2n) is 4.55. The van der Waals surface area contributed by atoms with Crippen LogP contribution in [0.2, 0.25) is 5.02 Å². The molecule has 0 aliphatic rings. The van der Waals surface area contributed by atoms with Gasteiger partial charge < -0.3 is 10.5 Å². The van der Waals surface area contributed by atoms with Crippen molar-refractivity contribution in [2.24, 2.45) is 5.73 Å². The number of primary amides is 1. The minimum atomic E-state index is -0.782. The number of nitro benzene ring substituents is 1. The smallest absolute Gasteiger partial charge is 0.338 e. The zero-order valence-corrected chi connectivity index (χ0v) is 12.4. The third-order valence-corrected chi connectivity index (χ3v) is 3.22. The summed E-state index contributed by atoms with van der Waals surface area (Å²) >= 11 is 5.78. The van der Waals surface area contributed by atoms with Crippen molar-refractivity contribution in [3.63, 3.8) is 0 Å². The average Bonchev–Trinajstić information content (AvgIpc) is 2.52. The molecule has 0 saturated carbocycles. The van der Waals surface area contributed by atoms with Crippen LogP contribution in [0.3, 0.4) is 0 Å². The van der Waals surface area contributed by atoms with E-state index in [1.54, 1.807) is 12.1 Å². The van der Waals surface area contributed by atoms with E-state index in [2.05, 4.69) is 0 Å². The van der Waals surface area contributed by atoms with Gasteiger partial charge in [-0.3, -0.25) is 14.9 Å². The fraction of sp³-hybridized carbons (Fsp3) is 0.0667. The predicted molar refractivity (Wildman–Crippen MR) is 82.2 cm³/mol. The average molecular weight is 335 g/mol. The Morgan fingerprint density at radius 3 is 2.52 bits per heavy atom. The summed E-state index contributed by atoms with van der Waals surface area (Å²) in [4.78, 5) is 33.4. The fourth-order valence-corrected chi connectivity index (χ4v) is 2.04. The van der Waals surface area contributed by atoms with Gasteiger partial charge in [-0.2, -0.15) is 0 Å². The van der Waals surface area contributed by atoms with Crippen LogP contribution in [-0.4, -0.2) is 16.8 Å². The fourth-order valence-electron chi connectivity index (χ4n) is 1.85. The van der Waals surface area contributed by atoms with Gasteiger partial charge in [-0.05, 0) is 30.3 Å². The molecule has 0 bridgehead atoms. The predicted octanol–water partition coefficient (Wildman–Crippen LogP) is 2.70. The van der Waals surface area contributed by atoms with E-state index in [1.165, 1.54) is 24.3 Å². The summed E-state index contributed by atoms with van der Waals surface area (Å²) < 4.78 is 5.04. The number of carbonyl (C=O) groups is 2. The molecule has 0 saturated heterocycles. The Labute approximate surface area is 135 Å². The van der Waals surface area contributed by atoms with E-state index < -0.39 is 16.8 Å². The molecule has 0 unspecified atom stereocenters. The van der Waals surface area contributed by atoms with Crippen LogP contribution in [0.1, 0.15) is 26.3 Å². The maximum atomic E-state index is 11.9. The molecule has 0 heterocycles. The highest BCUT2D eigenvalue weighted by molar-refractivity contribution is 6.30. The first-order valence-electron chi connectivity index (χ1n) is 6.38. The summed E-state index contributed by atoms with van der Waals surface area (Å²) in [5.41, 5.74) is 5.12. The number of amides is 1. The molecular weight excluding hydrogens is 324 g/mol. The van der Waals surface area contributed by atoms with Gasteiger partial charge in [0.2, 0.25) is 5.91 Å². The summed E-state index contributed by atoms with van der Waals surface area (Å²) in [7, 11) is 0. The van der Waals surface area contributed by atoms with Gasteiger partial charge in [0.05, 0.1) is 16.1 Å². The maximum Gasteiger partial charge on any atom is 0.338 e. The molecule has 0 aromatic heterocycles. The molecular formula is C15H11ClN2O5. The normalized spacial score (nSPS) is 10.1. The summed E-state index contributed by atoms with van der Waals surface area (Å²) in [5.74, 6) is -1.45. The summed E-state index contributed by atoms with van der Waals surface area (Å²) in [6.45, 7) is -0.319. The van der Waals surface area contributed by atoms with Crippen LogP contribution in [-0.2, 0) is 11.3 Å². The highest BCUT2D eigenvalue weighted by atomic mass is 35.5. The van der Waals surface area contributed by atoms with E-state index in [9.17, 15) is 19.7 Å². The number of nitrogens with two attached hydrogens (primary N) is 1. The third kappa shape index (κ3) is 4.04. The first kappa shape index (κ1) is 16.4. The molecule has 2 aromatic carbocycles. The van der Waals surface area contributed by atoms with Crippen LogP contribution < -0.4 is 5.73 Å². The van der Waals surface area contributed by atoms with Gasteiger partial charge in [0.15, 0.2) is 0 Å². The summed E-state index contributed by atoms with van der Waals surface area (Å²) in [5, 5.41) is 11.4. The molecule has 2 N–H and O–H groups in total. The van der Waals surface area contributed by atoms with Crippen molar-refractivity contribution in [1.29, 1.82) is 0 Å². The molecule has 0 atom stereocenters. The lowest BCUT2D eigenvalue weighted by atomic mass is 10.1. The van der Waals surface area contributed by atoms with Crippen LogP contribution in [0, 0.1) is 10.1 Å². The minimum absolute atomic E-state index is 0.00150. The molecule has 0 aliphatic carbocycles. The zero-order valence-electron chi connectivity index (χ0n) is 11.7. The van der Waals surface area contributed by atoms with E-state index in [1.807, 2.05) is 0 Å². The summed E-state index contributed by atoms with van der Waals surface area (Å²) in [6.07, 6.45) is 0. The Hall–Kier alpha value is -2.93. The van der Waals surface area contributed by atoms with E-state index >= 15 is 0 Å². The lowest BCUT2D eigenvalue weighted by Gasteiger charge is -2.07. The molecule has 8 heteroatoms. The zero-order chi connectivity index (χ0) is 17.0. The largest absolute Gasteiger partial charge is 0.457 e. The number of nitro groups is 1. The van der Waals surface area contributed by atoms with E-state index in [4.69, 9.17) is 22.1 Å². The summed E-state index contributed by atoms with van der Waals surface area (Å²) in [6, 6.07) is 9.83. The second-order valence-corrected chi connectivity index (χ2v) is 4.99. The van der Waals surface area contributed by atoms with Crippen molar-refractivity contribution in [2.75, 3.05) is 0 Å². The Bertz CT molecular complexity index is 791. The topological polar surface area (TPSA) is 113 Å². The van der Waals surface area contributed by atoms with Crippen LogP contribution in [0.25, 0.3) is 0 Å². The first-order valence-corrected chi connectivity index (χ1v) is 6.76. The van der Waals surface area contributed by atoms with Crippen molar-refractivity contribution >= 4 is 29.2 Å². The molecule has 0 fully saturated rings. The van der Waals surface area contributed by atoms with Gasteiger partial charge in [-0.25, -0.2) is 4.79 Å². The van der Waals surface area contributed by atoms with Crippen LogP contribution in [0.5, 0.6) is 0 Å². The number of esters is 1. The number of halogens is 1. The number of rotatable bonds is 5. The molecule has 0 spiro atoms. The highest BCUT2D eigenvalue weighted by Crippen LogP contribution is 2.22.